The summed E-state index contributed by atoms with van der Waals surface area (Å²) >= 11 is 0. The van der Waals surface area contributed by atoms with Gasteiger partial charge in [-0.3, -0.25) is 4.79 Å². The number of fused-ring (bicyclic) bond motifs is 1. The van der Waals surface area contributed by atoms with Gasteiger partial charge < -0.3 is 24.6 Å². The normalized spacial score (nSPS) is 26.5. The second-order valence-electron chi connectivity index (χ2n) is 7.12. The van der Waals surface area contributed by atoms with Crippen molar-refractivity contribution in [2.45, 2.75) is 38.9 Å². The summed E-state index contributed by atoms with van der Waals surface area (Å²) in [6.07, 6.45) is 0.134. The second-order valence-corrected chi connectivity index (χ2v) is 7.12. The summed E-state index contributed by atoms with van der Waals surface area (Å²) < 4.78 is 11.3. The molecule has 0 aliphatic carbocycles. The Morgan fingerprint density at radius 1 is 1.35 bits per heavy atom. The number of aliphatic hydroxyl groups is 1. The van der Waals surface area contributed by atoms with Crippen LogP contribution < -0.4 is 9.47 Å². The van der Waals surface area contributed by atoms with Gasteiger partial charge in [-0.15, -0.1) is 0 Å². The highest BCUT2D eigenvalue weighted by molar-refractivity contribution is 5.82. The molecule has 0 saturated carbocycles. The van der Waals surface area contributed by atoms with Gasteiger partial charge in [-0.2, -0.15) is 0 Å². The fourth-order valence-corrected chi connectivity index (χ4v) is 3.28. The van der Waals surface area contributed by atoms with Crippen molar-refractivity contribution in [3.05, 3.63) is 18.2 Å². The summed E-state index contributed by atoms with van der Waals surface area (Å²) in [6, 6.07) is 4.59. The zero-order chi connectivity index (χ0) is 16.6. The maximum absolute atomic E-state index is 12.8. The lowest BCUT2D eigenvalue weighted by molar-refractivity contribution is -0.142. The quantitative estimate of drug-likeness (QED) is 0.820. The smallest absolute Gasteiger partial charge is 0.267 e. The van der Waals surface area contributed by atoms with Crippen LogP contribution in [0.25, 0.3) is 0 Å². The first-order chi connectivity index (χ1) is 10.8. The van der Waals surface area contributed by atoms with Crippen molar-refractivity contribution in [1.82, 2.24) is 4.90 Å². The van der Waals surface area contributed by atoms with Crippen LogP contribution in [0.15, 0.2) is 18.2 Å². The number of likely N-dealkylation sites (tertiary alicyclic amines) is 1. The average Bonchev–Trinajstić information content (AvgIpc) is 2.62. The Bertz CT molecular complexity index is 601. The maximum Gasteiger partial charge on any atom is 0.267 e. The summed E-state index contributed by atoms with van der Waals surface area (Å²) in [4.78, 5) is 14.5. The van der Waals surface area contributed by atoms with Crippen molar-refractivity contribution < 1.29 is 24.5 Å². The summed E-state index contributed by atoms with van der Waals surface area (Å²) in [5.74, 6) is 0.836. The van der Waals surface area contributed by atoms with E-state index in [1.165, 1.54) is 12.1 Å². The molecule has 2 heterocycles. The predicted octanol–water partition coefficient (Wildman–Crippen LogP) is 1.54. The van der Waals surface area contributed by atoms with Crippen LogP contribution in [0.1, 0.15) is 26.7 Å². The number of carbonyl (C=O) groups is 1. The molecule has 1 fully saturated rings. The van der Waals surface area contributed by atoms with Gasteiger partial charge in [0.05, 0.1) is 6.10 Å². The summed E-state index contributed by atoms with van der Waals surface area (Å²) in [5.41, 5.74) is -0.142. The molecular weight excluding hydrogens is 298 g/mol. The Hall–Kier alpha value is -1.95. The van der Waals surface area contributed by atoms with Gasteiger partial charge in [0, 0.05) is 19.2 Å². The number of aliphatic hydroxyl groups excluding tert-OH is 1. The lowest BCUT2D eigenvalue weighted by Gasteiger charge is -2.33. The number of hydrogen-bond acceptors (Lipinski definition) is 5. The van der Waals surface area contributed by atoms with Crippen LogP contribution in [0, 0.1) is 5.41 Å². The summed E-state index contributed by atoms with van der Waals surface area (Å²) in [5, 5.41) is 19.5. The third-order valence-corrected chi connectivity index (χ3v) is 4.31. The second kappa shape index (κ2) is 5.92. The molecule has 2 aliphatic rings. The van der Waals surface area contributed by atoms with Gasteiger partial charge in [-0.1, -0.05) is 13.8 Å². The van der Waals surface area contributed by atoms with E-state index in [1.54, 1.807) is 11.0 Å². The van der Waals surface area contributed by atoms with Crippen LogP contribution in [0.2, 0.25) is 0 Å². The van der Waals surface area contributed by atoms with Crippen molar-refractivity contribution in [2.24, 2.45) is 5.41 Å². The predicted molar refractivity (Wildman–Crippen MR) is 83.6 cm³/mol. The molecule has 1 aromatic carbocycles. The van der Waals surface area contributed by atoms with Crippen LogP contribution in [0.3, 0.4) is 0 Å². The fourth-order valence-electron chi connectivity index (χ4n) is 3.28. The van der Waals surface area contributed by atoms with Crippen molar-refractivity contribution in [3.63, 3.8) is 0 Å². The fraction of sp³-hybridized carbons (Fsp3) is 0.588. The van der Waals surface area contributed by atoms with Gasteiger partial charge in [0.1, 0.15) is 12.4 Å². The van der Waals surface area contributed by atoms with Crippen molar-refractivity contribution in [2.75, 3.05) is 19.7 Å². The van der Waals surface area contributed by atoms with Crippen LogP contribution in [0.4, 0.5) is 0 Å². The lowest BCUT2D eigenvalue weighted by Crippen LogP contribution is -2.48. The standard InChI is InChI=1S/C17H23NO5/c1-17(2)8-12(20)5-6-18(10-17)16(21)15-9-22-13-4-3-11(19)7-14(13)23-15/h3-4,7,12,15,19-20H,5-6,8-10H2,1-2H3. The first-order valence-electron chi connectivity index (χ1n) is 7.93. The number of hydrogen-bond donors (Lipinski definition) is 2. The monoisotopic (exact) mass is 321 g/mol. The minimum Gasteiger partial charge on any atom is -0.508 e. The van der Waals surface area contributed by atoms with E-state index in [1.807, 2.05) is 13.8 Å². The molecule has 126 valence electrons. The molecule has 0 bridgehead atoms. The number of phenolic OH excluding ortho intramolecular Hbond substituents is 1. The number of aromatic hydroxyl groups is 1. The van der Waals surface area contributed by atoms with E-state index in [0.29, 0.717) is 37.4 Å². The van der Waals surface area contributed by atoms with Gasteiger partial charge in [0.25, 0.3) is 5.91 Å². The van der Waals surface area contributed by atoms with Crippen molar-refractivity contribution in [3.8, 4) is 17.2 Å². The molecule has 2 unspecified atom stereocenters. The number of carbonyl (C=O) groups excluding carboxylic acids is 1. The molecule has 23 heavy (non-hydrogen) atoms. The van der Waals surface area contributed by atoms with E-state index in [9.17, 15) is 15.0 Å². The third-order valence-electron chi connectivity index (χ3n) is 4.31. The minimum atomic E-state index is -0.727. The van der Waals surface area contributed by atoms with E-state index in [2.05, 4.69) is 0 Å². The molecule has 1 saturated heterocycles. The zero-order valence-corrected chi connectivity index (χ0v) is 13.5. The number of amides is 1. The van der Waals surface area contributed by atoms with E-state index >= 15 is 0 Å². The average molecular weight is 321 g/mol. The number of nitrogens with zero attached hydrogens (tertiary/aromatic N) is 1. The third kappa shape index (κ3) is 3.52. The Morgan fingerprint density at radius 2 is 2.13 bits per heavy atom. The van der Waals surface area contributed by atoms with Crippen molar-refractivity contribution in [1.29, 1.82) is 0 Å². The van der Waals surface area contributed by atoms with Gasteiger partial charge in [-0.25, -0.2) is 0 Å². The molecule has 1 aromatic rings. The van der Waals surface area contributed by atoms with Gasteiger partial charge >= 0.3 is 0 Å². The highest BCUT2D eigenvalue weighted by atomic mass is 16.6. The molecule has 0 radical (unpaired) electrons. The molecule has 0 aromatic heterocycles. The van der Waals surface area contributed by atoms with Crippen LogP contribution in [0.5, 0.6) is 17.2 Å². The highest BCUT2D eigenvalue weighted by Crippen LogP contribution is 2.35. The number of rotatable bonds is 1. The SMILES string of the molecule is CC1(C)CC(O)CCN(C(=O)C2COc3ccc(O)cc3O2)C1. The Labute approximate surface area is 135 Å². The van der Waals surface area contributed by atoms with E-state index in [4.69, 9.17) is 9.47 Å². The van der Waals surface area contributed by atoms with Gasteiger partial charge in [0.15, 0.2) is 11.5 Å². The molecule has 3 rings (SSSR count). The van der Waals surface area contributed by atoms with Crippen LogP contribution in [-0.4, -0.2) is 52.9 Å². The maximum atomic E-state index is 12.8. The molecule has 6 heteroatoms. The largest absolute Gasteiger partial charge is 0.508 e. The molecule has 6 nitrogen and oxygen atoms in total. The van der Waals surface area contributed by atoms with Gasteiger partial charge in [-0.05, 0) is 30.4 Å². The lowest BCUT2D eigenvalue weighted by atomic mass is 9.87. The number of benzene rings is 1. The number of ether oxygens (including phenoxy) is 2. The highest BCUT2D eigenvalue weighted by Gasteiger charge is 2.36. The van der Waals surface area contributed by atoms with Crippen molar-refractivity contribution >= 4 is 5.91 Å². The Morgan fingerprint density at radius 3 is 2.91 bits per heavy atom. The minimum absolute atomic E-state index is 0.0690. The van der Waals surface area contributed by atoms with Crippen LogP contribution >= 0.6 is 0 Å². The first kappa shape index (κ1) is 15.9. The Kier molecular flexibility index (Phi) is 4.10. The van der Waals surface area contributed by atoms with E-state index in [-0.39, 0.29) is 29.8 Å². The molecule has 1 amide bonds. The van der Waals surface area contributed by atoms with Crippen LogP contribution in [-0.2, 0) is 4.79 Å². The Balaban J connectivity index is 1.73. The molecule has 0 spiro atoms. The number of phenols is 1. The molecule has 2 aliphatic heterocycles. The molecule has 2 N–H and O–H groups in total. The van der Waals surface area contributed by atoms with E-state index in [0.717, 1.165) is 0 Å². The summed E-state index contributed by atoms with van der Waals surface area (Å²) in [6.45, 7) is 5.34. The topological polar surface area (TPSA) is 79.2 Å². The van der Waals surface area contributed by atoms with E-state index < -0.39 is 6.10 Å². The zero-order valence-electron chi connectivity index (χ0n) is 13.5. The summed E-state index contributed by atoms with van der Waals surface area (Å²) in [7, 11) is 0. The molecular formula is C17H23NO5. The molecule has 2 atom stereocenters. The van der Waals surface area contributed by atoms with Gasteiger partial charge in [0.2, 0.25) is 6.10 Å². The first-order valence-corrected chi connectivity index (χ1v) is 7.93.